The molecule has 136 valence electrons. The van der Waals surface area contributed by atoms with Crippen LogP contribution in [0.4, 0.5) is 0 Å². The van der Waals surface area contributed by atoms with Crippen molar-refractivity contribution in [1.29, 1.82) is 0 Å². The van der Waals surface area contributed by atoms with Gasteiger partial charge in [-0.2, -0.15) is 0 Å². The Morgan fingerprint density at radius 3 is 2.42 bits per heavy atom. The molecule has 24 heavy (non-hydrogen) atoms. The van der Waals surface area contributed by atoms with Crippen molar-refractivity contribution in [2.45, 2.75) is 85.7 Å². The normalized spacial score (nSPS) is 39.0. The van der Waals surface area contributed by atoms with E-state index < -0.39 is 0 Å². The fraction of sp³-hybridized carbons (Fsp3) is 0.773. The summed E-state index contributed by atoms with van der Waals surface area (Å²) in [5.74, 6) is 0.913. The van der Waals surface area contributed by atoms with Crippen LogP contribution in [-0.4, -0.2) is 11.6 Å². The maximum Gasteiger partial charge on any atom is 0.303 e. The van der Waals surface area contributed by atoms with Crippen molar-refractivity contribution in [2.75, 3.05) is 0 Å². The lowest BCUT2D eigenvalue weighted by atomic mass is 9.45. The molecular formula is C22H36O2. The van der Waals surface area contributed by atoms with E-state index in [1.165, 1.54) is 24.8 Å². The second kappa shape index (κ2) is 6.69. The zero-order chi connectivity index (χ0) is 18.2. The smallest absolute Gasteiger partial charge is 0.303 e. The van der Waals surface area contributed by atoms with Crippen molar-refractivity contribution in [3.63, 3.8) is 0 Å². The van der Waals surface area contributed by atoms with Crippen molar-refractivity contribution < 1.29 is 9.53 Å². The first-order valence-corrected chi connectivity index (χ1v) is 9.54. The third kappa shape index (κ3) is 3.48. The predicted octanol–water partition coefficient (Wildman–Crippen LogP) is 6.07. The van der Waals surface area contributed by atoms with Crippen molar-refractivity contribution in [3.05, 3.63) is 24.3 Å². The topological polar surface area (TPSA) is 26.3 Å². The molecule has 0 amide bonds. The van der Waals surface area contributed by atoms with E-state index in [2.05, 4.69) is 47.3 Å². The number of allylic oxidation sites excluding steroid dienone is 3. The van der Waals surface area contributed by atoms with Crippen LogP contribution in [-0.2, 0) is 9.53 Å². The van der Waals surface area contributed by atoms with E-state index in [-0.39, 0.29) is 17.0 Å². The molecule has 2 aliphatic rings. The average molecular weight is 333 g/mol. The van der Waals surface area contributed by atoms with Crippen molar-refractivity contribution in [2.24, 2.45) is 22.7 Å². The minimum absolute atomic E-state index is 0.149. The van der Waals surface area contributed by atoms with E-state index in [1.807, 2.05) is 6.08 Å². The Bertz CT molecular complexity index is 530. The molecule has 0 saturated heterocycles. The highest BCUT2D eigenvalue weighted by atomic mass is 16.6. The summed E-state index contributed by atoms with van der Waals surface area (Å²) in [4.78, 5) is 11.8. The first-order chi connectivity index (χ1) is 11.0. The molecule has 0 N–H and O–H groups in total. The summed E-state index contributed by atoms with van der Waals surface area (Å²) in [7, 11) is 0. The number of ether oxygens (including phenoxy) is 1. The number of esters is 1. The molecule has 0 spiro atoms. The van der Waals surface area contributed by atoms with Gasteiger partial charge in [0.05, 0.1) is 0 Å². The van der Waals surface area contributed by atoms with Gasteiger partial charge < -0.3 is 4.74 Å². The zero-order valence-electron chi connectivity index (χ0n) is 16.6. The van der Waals surface area contributed by atoms with Gasteiger partial charge in [-0.05, 0) is 62.7 Å². The second-order valence-electron chi connectivity index (χ2n) is 9.29. The Kier molecular flexibility index (Phi) is 5.37. The van der Waals surface area contributed by atoms with Gasteiger partial charge in [-0.25, -0.2) is 0 Å². The molecule has 0 radical (unpaired) electrons. The first-order valence-electron chi connectivity index (χ1n) is 9.54. The molecule has 2 nitrogen and oxygen atoms in total. The summed E-state index contributed by atoms with van der Waals surface area (Å²) in [5, 5.41) is 0. The van der Waals surface area contributed by atoms with Crippen LogP contribution in [0.1, 0.15) is 80.1 Å². The van der Waals surface area contributed by atoms with Gasteiger partial charge in [0, 0.05) is 12.8 Å². The molecule has 2 heteroatoms. The van der Waals surface area contributed by atoms with E-state index >= 15 is 0 Å². The van der Waals surface area contributed by atoms with Crippen LogP contribution >= 0.6 is 0 Å². The number of hydrogen-bond donors (Lipinski definition) is 0. The maximum absolute atomic E-state index is 11.8. The predicted molar refractivity (Wildman–Crippen MR) is 101 cm³/mol. The van der Waals surface area contributed by atoms with E-state index in [1.54, 1.807) is 6.92 Å². The highest BCUT2D eigenvalue weighted by molar-refractivity contribution is 5.66. The van der Waals surface area contributed by atoms with Crippen LogP contribution in [0.3, 0.4) is 0 Å². The molecule has 4 unspecified atom stereocenters. The van der Waals surface area contributed by atoms with Gasteiger partial charge >= 0.3 is 5.97 Å². The van der Waals surface area contributed by atoms with E-state index in [4.69, 9.17) is 4.74 Å². The number of rotatable bonds is 4. The largest absolute Gasteiger partial charge is 0.459 e. The van der Waals surface area contributed by atoms with Gasteiger partial charge in [0.25, 0.3) is 0 Å². The van der Waals surface area contributed by atoms with Crippen LogP contribution in [0, 0.1) is 22.7 Å². The van der Waals surface area contributed by atoms with Gasteiger partial charge in [0.1, 0.15) is 5.60 Å². The van der Waals surface area contributed by atoms with Gasteiger partial charge in [0.15, 0.2) is 0 Å². The van der Waals surface area contributed by atoms with Gasteiger partial charge in [0.2, 0.25) is 0 Å². The second-order valence-corrected chi connectivity index (χ2v) is 9.29. The van der Waals surface area contributed by atoms with E-state index in [0.717, 1.165) is 19.3 Å². The van der Waals surface area contributed by atoms with Crippen LogP contribution in [0.2, 0.25) is 0 Å². The summed E-state index contributed by atoms with van der Waals surface area (Å²) in [5.41, 5.74) is 1.45. The monoisotopic (exact) mass is 332 g/mol. The van der Waals surface area contributed by atoms with E-state index in [9.17, 15) is 4.79 Å². The molecule has 0 bridgehead atoms. The van der Waals surface area contributed by atoms with Crippen LogP contribution in [0.15, 0.2) is 24.3 Å². The first kappa shape index (κ1) is 19.3. The lowest BCUT2D eigenvalue weighted by molar-refractivity contribution is -0.197. The SMILES string of the molecule is C=C/C(C)=C/CC1C(C)(OC(C)=O)CCC2C(C)(C)CCCC21C. The fourth-order valence-corrected chi connectivity index (χ4v) is 5.96. The average Bonchev–Trinajstić information content (AvgIpc) is 2.44. The molecule has 2 fully saturated rings. The van der Waals surface area contributed by atoms with E-state index in [0.29, 0.717) is 17.3 Å². The minimum Gasteiger partial charge on any atom is -0.459 e. The molecule has 0 aromatic heterocycles. The van der Waals surface area contributed by atoms with Gasteiger partial charge in [-0.15, -0.1) is 0 Å². The molecule has 0 aromatic carbocycles. The lowest BCUT2D eigenvalue weighted by Gasteiger charge is -2.61. The summed E-state index contributed by atoms with van der Waals surface area (Å²) in [6.07, 6.45) is 11.1. The van der Waals surface area contributed by atoms with Crippen LogP contribution in [0.5, 0.6) is 0 Å². The Labute approximate surface area is 148 Å². The van der Waals surface area contributed by atoms with Gasteiger partial charge in [-0.1, -0.05) is 51.5 Å². The highest BCUT2D eigenvalue weighted by Crippen LogP contribution is 2.63. The minimum atomic E-state index is -0.359. The lowest BCUT2D eigenvalue weighted by Crippen LogP contribution is -2.58. The zero-order valence-corrected chi connectivity index (χ0v) is 16.6. The van der Waals surface area contributed by atoms with Crippen molar-refractivity contribution in [1.82, 2.24) is 0 Å². The molecule has 4 atom stereocenters. The quantitative estimate of drug-likeness (QED) is 0.461. The Morgan fingerprint density at radius 2 is 1.83 bits per heavy atom. The highest BCUT2D eigenvalue weighted by Gasteiger charge is 2.59. The molecule has 2 saturated carbocycles. The Hall–Kier alpha value is -1.05. The standard InChI is InChI=1S/C22H36O2/c1-8-16(2)10-11-19-21(6)14-9-13-20(4,5)18(21)12-15-22(19,7)24-17(3)23/h8,10,18-19H,1,9,11-15H2,2-7H3/b16-10+. The number of fused-ring (bicyclic) bond motifs is 1. The summed E-state index contributed by atoms with van der Waals surface area (Å²) < 4.78 is 5.95. The van der Waals surface area contributed by atoms with Gasteiger partial charge in [-0.3, -0.25) is 4.79 Å². The molecule has 2 aliphatic carbocycles. The number of carbonyl (C=O) groups is 1. The molecule has 0 aliphatic heterocycles. The summed E-state index contributed by atoms with van der Waals surface area (Å²) in [6.45, 7) is 17.0. The van der Waals surface area contributed by atoms with Crippen molar-refractivity contribution in [3.8, 4) is 0 Å². The maximum atomic E-state index is 11.8. The van der Waals surface area contributed by atoms with Crippen LogP contribution < -0.4 is 0 Å². The molecule has 2 rings (SSSR count). The van der Waals surface area contributed by atoms with Crippen LogP contribution in [0.25, 0.3) is 0 Å². The molecular weight excluding hydrogens is 296 g/mol. The molecule has 0 heterocycles. The number of carbonyl (C=O) groups excluding carboxylic acids is 1. The fourth-order valence-electron chi connectivity index (χ4n) is 5.96. The summed E-state index contributed by atoms with van der Waals surface area (Å²) in [6, 6.07) is 0. The summed E-state index contributed by atoms with van der Waals surface area (Å²) >= 11 is 0. The molecule has 0 aromatic rings. The third-order valence-corrected chi connectivity index (χ3v) is 7.11. The number of hydrogen-bond acceptors (Lipinski definition) is 2. The Morgan fingerprint density at radius 1 is 1.17 bits per heavy atom. The Balaban J connectivity index is 2.43. The van der Waals surface area contributed by atoms with Crippen molar-refractivity contribution >= 4 is 5.97 Å². The third-order valence-electron chi connectivity index (χ3n) is 7.11.